The Morgan fingerprint density at radius 3 is 2.06 bits per heavy atom. The van der Waals surface area contributed by atoms with Gasteiger partial charge >= 0.3 is 0 Å². The largest absolute Gasteiger partial charge is 0.345 e. The van der Waals surface area contributed by atoms with E-state index >= 15 is 0 Å². The first-order valence-corrected chi connectivity index (χ1v) is 12.2. The number of carbonyl (C=O) groups excluding carboxylic acids is 1. The van der Waals surface area contributed by atoms with Crippen LogP contribution in [0.1, 0.15) is 57.6 Å². The summed E-state index contributed by atoms with van der Waals surface area (Å²) >= 11 is 0. The van der Waals surface area contributed by atoms with E-state index in [9.17, 15) is 13.2 Å². The predicted molar refractivity (Wildman–Crippen MR) is 130 cm³/mol. The number of anilines is 1. The third-order valence-electron chi connectivity index (χ3n) is 5.41. The Balaban J connectivity index is 1.86. The van der Waals surface area contributed by atoms with E-state index in [-0.39, 0.29) is 16.8 Å². The van der Waals surface area contributed by atoms with Crippen LogP contribution in [-0.4, -0.2) is 14.3 Å². The molecule has 0 fully saturated rings. The predicted octanol–water partition coefficient (Wildman–Crippen LogP) is 5.60. The maximum atomic E-state index is 13.1. The van der Waals surface area contributed by atoms with Gasteiger partial charge in [-0.3, -0.25) is 9.52 Å². The fourth-order valence-electron chi connectivity index (χ4n) is 3.74. The quantitative estimate of drug-likeness (QED) is 0.492. The summed E-state index contributed by atoms with van der Waals surface area (Å²) in [5.41, 5.74) is 5.49. The molecule has 1 atom stereocenters. The third-order valence-corrected chi connectivity index (χ3v) is 6.93. The Labute approximate surface area is 190 Å². The summed E-state index contributed by atoms with van der Waals surface area (Å²) < 4.78 is 28.9. The van der Waals surface area contributed by atoms with Crippen LogP contribution in [0.2, 0.25) is 0 Å². The monoisotopic (exact) mass is 450 g/mol. The second-order valence-corrected chi connectivity index (χ2v) is 9.96. The van der Waals surface area contributed by atoms with Crippen molar-refractivity contribution in [2.24, 2.45) is 0 Å². The molecule has 0 radical (unpaired) electrons. The summed E-state index contributed by atoms with van der Waals surface area (Å²) in [5, 5.41) is 3.03. The lowest BCUT2D eigenvalue weighted by Crippen LogP contribution is -2.28. The molecule has 1 amide bonds. The Hall–Kier alpha value is -3.12. The molecule has 0 saturated heterocycles. The van der Waals surface area contributed by atoms with E-state index in [2.05, 4.69) is 10.0 Å². The minimum Gasteiger partial charge on any atom is -0.345 e. The molecule has 0 aliphatic rings. The highest BCUT2D eigenvalue weighted by molar-refractivity contribution is 7.92. The number of nitrogens with one attached hydrogen (secondary N) is 2. The first-order valence-electron chi connectivity index (χ1n) is 10.7. The van der Waals surface area contributed by atoms with Gasteiger partial charge in [0.2, 0.25) is 0 Å². The van der Waals surface area contributed by atoms with Crippen molar-refractivity contribution in [3.8, 4) is 0 Å². The average molecular weight is 451 g/mol. The van der Waals surface area contributed by atoms with Crippen molar-refractivity contribution in [2.45, 2.75) is 52.0 Å². The number of sulfonamides is 1. The van der Waals surface area contributed by atoms with Crippen LogP contribution in [0.4, 0.5) is 5.69 Å². The highest BCUT2D eigenvalue weighted by Gasteiger charge is 2.21. The van der Waals surface area contributed by atoms with Crippen LogP contribution >= 0.6 is 0 Å². The summed E-state index contributed by atoms with van der Waals surface area (Å²) in [6, 6.07) is 18.2. The lowest BCUT2D eigenvalue weighted by molar-refractivity contribution is 0.0935. The molecule has 3 aromatic rings. The smallest absolute Gasteiger partial charge is 0.262 e. The second kappa shape index (κ2) is 9.57. The molecule has 5 nitrogen and oxygen atoms in total. The fourth-order valence-corrected chi connectivity index (χ4v) is 5.05. The van der Waals surface area contributed by atoms with E-state index in [0.717, 1.165) is 28.7 Å². The van der Waals surface area contributed by atoms with Crippen LogP contribution in [0.15, 0.2) is 65.6 Å². The van der Waals surface area contributed by atoms with Crippen molar-refractivity contribution in [1.29, 1.82) is 0 Å². The number of aryl methyl sites for hydroxylation is 4. The van der Waals surface area contributed by atoms with Gasteiger partial charge in [0.15, 0.2) is 0 Å². The molecule has 0 heterocycles. The van der Waals surface area contributed by atoms with Crippen LogP contribution in [0.5, 0.6) is 0 Å². The Morgan fingerprint density at radius 1 is 0.844 bits per heavy atom. The van der Waals surface area contributed by atoms with E-state index < -0.39 is 10.0 Å². The first kappa shape index (κ1) is 23.5. The minimum absolute atomic E-state index is 0.0905. The van der Waals surface area contributed by atoms with Crippen LogP contribution < -0.4 is 10.0 Å². The van der Waals surface area contributed by atoms with Gasteiger partial charge in [-0.05, 0) is 80.6 Å². The molecule has 0 aliphatic heterocycles. The molecule has 2 N–H and O–H groups in total. The number of amides is 1. The summed E-state index contributed by atoms with van der Waals surface area (Å²) in [7, 11) is -3.85. The zero-order chi connectivity index (χ0) is 23.5. The lowest BCUT2D eigenvalue weighted by Gasteiger charge is -2.18. The molecular weight excluding hydrogens is 420 g/mol. The van der Waals surface area contributed by atoms with Gasteiger partial charge in [0.1, 0.15) is 0 Å². The standard InChI is InChI=1S/C26H30N2O3S/c1-6-24(21-10-7-17(2)8-11-21)27-26(29)22-12-9-20(5)25(16-22)32(30,31)28-23-14-18(3)13-19(4)15-23/h7-16,24,28H,6H2,1-5H3,(H,27,29)/t24-/m1/s1. The van der Waals surface area contributed by atoms with Crippen molar-refractivity contribution in [3.63, 3.8) is 0 Å². The van der Waals surface area contributed by atoms with Gasteiger partial charge in [0, 0.05) is 11.3 Å². The van der Waals surface area contributed by atoms with Crippen LogP contribution in [0.25, 0.3) is 0 Å². The molecule has 0 bridgehead atoms. The van der Waals surface area contributed by atoms with E-state index in [1.165, 1.54) is 6.07 Å². The molecule has 3 aromatic carbocycles. The highest BCUT2D eigenvalue weighted by atomic mass is 32.2. The van der Waals surface area contributed by atoms with E-state index in [0.29, 0.717) is 16.8 Å². The number of rotatable bonds is 7. The van der Waals surface area contributed by atoms with Crippen molar-refractivity contribution in [3.05, 3.63) is 94.0 Å². The van der Waals surface area contributed by atoms with Gasteiger partial charge in [-0.25, -0.2) is 8.42 Å². The molecular formula is C26H30N2O3S. The summed E-state index contributed by atoms with van der Waals surface area (Å²) in [6.45, 7) is 9.57. The maximum Gasteiger partial charge on any atom is 0.262 e. The van der Waals surface area contributed by atoms with Crippen molar-refractivity contribution in [2.75, 3.05) is 4.72 Å². The van der Waals surface area contributed by atoms with Crippen LogP contribution in [0, 0.1) is 27.7 Å². The molecule has 0 saturated carbocycles. The number of carbonyl (C=O) groups is 1. The number of hydrogen-bond donors (Lipinski definition) is 2. The molecule has 6 heteroatoms. The summed E-state index contributed by atoms with van der Waals surface area (Å²) in [6.07, 6.45) is 0.722. The highest BCUT2D eigenvalue weighted by Crippen LogP contribution is 2.23. The minimum atomic E-state index is -3.85. The average Bonchev–Trinajstić information content (AvgIpc) is 2.71. The Kier molecular flexibility index (Phi) is 7.04. The lowest BCUT2D eigenvalue weighted by atomic mass is 10.0. The fraction of sp³-hybridized carbons (Fsp3) is 0.269. The summed E-state index contributed by atoms with van der Waals surface area (Å²) in [4.78, 5) is 13.1. The van der Waals surface area contributed by atoms with Crippen molar-refractivity contribution >= 4 is 21.6 Å². The molecule has 3 rings (SSSR count). The SMILES string of the molecule is CC[C@@H](NC(=O)c1ccc(C)c(S(=O)(=O)Nc2cc(C)cc(C)c2)c1)c1ccc(C)cc1. The van der Waals surface area contributed by atoms with Gasteiger partial charge in [0.05, 0.1) is 10.9 Å². The number of benzene rings is 3. The number of hydrogen-bond acceptors (Lipinski definition) is 3. The summed E-state index contributed by atoms with van der Waals surface area (Å²) in [5.74, 6) is -0.305. The van der Waals surface area contributed by atoms with Crippen molar-refractivity contribution < 1.29 is 13.2 Å². The van der Waals surface area contributed by atoms with Crippen molar-refractivity contribution in [1.82, 2.24) is 5.32 Å². The third kappa shape index (κ3) is 5.56. The van der Waals surface area contributed by atoms with Crippen LogP contribution in [-0.2, 0) is 10.0 Å². The molecule has 0 aromatic heterocycles. The second-order valence-electron chi connectivity index (χ2n) is 8.31. The first-order chi connectivity index (χ1) is 15.1. The zero-order valence-electron chi connectivity index (χ0n) is 19.2. The van der Waals surface area contributed by atoms with E-state index in [1.807, 2.05) is 58.0 Å². The molecule has 168 valence electrons. The van der Waals surface area contributed by atoms with Gasteiger partial charge < -0.3 is 5.32 Å². The van der Waals surface area contributed by atoms with Crippen LogP contribution in [0.3, 0.4) is 0 Å². The molecule has 0 unspecified atom stereocenters. The molecule has 0 spiro atoms. The van der Waals surface area contributed by atoms with Gasteiger partial charge in [-0.15, -0.1) is 0 Å². The van der Waals surface area contributed by atoms with E-state index in [4.69, 9.17) is 0 Å². The zero-order valence-corrected chi connectivity index (χ0v) is 20.0. The molecule has 0 aliphatic carbocycles. The Bertz CT molecular complexity index is 1210. The van der Waals surface area contributed by atoms with Gasteiger partial charge in [-0.1, -0.05) is 48.9 Å². The maximum absolute atomic E-state index is 13.1. The Morgan fingerprint density at radius 2 is 1.47 bits per heavy atom. The van der Waals surface area contributed by atoms with Gasteiger partial charge in [0.25, 0.3) is 15.9 Å². The molecule has 32 heavy (non-hydrogen) atoms. The van der Waals surface area contributed by atoms with E-state index in [1.54, 1.807) is 31.2 Å². The normalized spacial score (nSPS) is 12.3. The van der Waals surface area contributed by atoms with Gasteiger partial charge in [-0.2, -0.15) is 0 Å². The topological polar surface area (TPSA) is 75.3 Å².